The Bertz CT molecular complexity index is 1800. The van der Waals surface area contributed by atoms with E-state index in [1.54, 1.807) is 43.4 Å². The summed E-state index contributed by atoms with van der Waals surface area (Å²) >= 11 is 0. The molecule has 0 saturated carbocycles. The van der Waals surface area contributed by atoms with Crippen molar-refractivity contribution in [2.75, 3.05) is 34.0 Å². The smallest absolute Gasteiger partial charge is 0.260 e. The van der Waals surface area contributed by atoms with Gasteiger partial charge in [-0.2, -0.15) is 0 Å². The van der Waals surface area contributed by atoms with Crippen molar-refractivity contribution in [1.29, 1.82) is 0 Å². The monoisotopic (exact) mass is 731 g/mol. The van der Waals surface area contributed by atoms with Gasteiger partial charge in [0, 0.05) is 61.9 Å². The zero-order valence-electron chi connectivity index (χ0n) is 30.6. The lowest BCUT2D eigenvalue weighted by Crippen LogP contribution is -2.32. The first-order valence-electron chi connectivity index (χ1n) is 17.9. The van der Waals surface area contributed by atoms with Gasteiger partial charge < -0.3 is 44.0 Å². The molecule has 3 atom stereocenters. The number of benzene rings is 2. The van der Waals surface area contributed by atoms with Crippen molar-refractivity contribution in [3.63, 3.8) is 0 Å². The summed E-state index contributed by atoms with van der Waals surface area (Å²) in [6.07, 6.45) is 10.2. The SMILES string of the molecule is COc1cc2c(cc1OCCCOc1cc3c(cc1OC)C(O)N1C=C(CCC(=O)NCCC[Si](C)(C)O)C[C@H]1C=N3)N=C[C@@H]1CC(C)=CN1C2=O. The predicted molar refractivity (Wildman–Crippen MR) is 201 cm³/mol. The number of amides is 2. The maximum absolute atomic E-state index is 13.3. The molecule has 0 radical (unpaired) electrons. The van der Waals surface area contributed by atoms with E-state index in [0.717, 1.165) is 30.0 Å². The van der Waals surface area contributed by atoms with Crippen molar-refractivity contribution in [1.82, 2.24) is 15.1 Å². The molecule has 0 aliphatic carbocycles. The molecule has 0 aromatic heterocycles. The minimum Gasteiger partial charge on any atom is -0.493 e. The number of ether oxygens (including phenoxy) is 4. The summed E-state index contributed by atoms with van der Waals surface area (Å²) in [7, 11) is 0.993. The fraction of sp³-hybridized carbons (Fsp3) is 0.474. The second-order valence-corrected chi connectivity index (χ2v) is 18.4. The molecule has 0 saturated heterocycles. The molecule has 2 aromatic rings. The molecule has 14 heteroatoms. The van der Waals surface area contributed by atoms with E-state index in [4.69, 9.17) is 23.9 Å². The van der Waals surface area contributed by atoms with Crippen LogP contribution in [0, 0.1) is 0 Å². The van der Waals surface area contributed by atoms with E-state index in [1.165, 1.54) is 0 Å². The predicted octanol–water partition coefficient (Wildman–Crippen LogP) is 5.53. The van der Waals surface area contributed by atoms with Crippen LogP contribution >= 0.6 is 0 Å². The van der Waals surface area contributed by atoms with Crippen LogP contribution in [0.5, 0.6) is 23.0 Å². The Hall–Kier alpha value is -4.66. The van der Waals surface area contributed by atoms with Crippen molar-refractivity contribution >= 4 is 43.9 Å². The van der Waals surface area contributed by atoms with Crippen LogP contribution in [0.2, 0.25) is 19.1 Å². The topological polar surface area (TPSA) is 155 Å². The third-order valence-corrected chi connectivity index (χ3v) is 11.2. The molecule has 4 aliphatic heterocycles. The lowest BCUT2D eigenvalue weighted by Gasteiger charge is -2.27. The zero-order valence-corrected chi connectivity index (χ0v) is 31.6. The van der Waals surface area contributed by atoms with Crippen molar-refractivity contribution in [3.8, 4) is 23.0 Å². The number of methoxy groups -OCH3 is 2. The molecule has 52 heavy (non-hydrogen) atoms. The van der Waals surface area contributed by atoms with Crippen LogP contribution in [0.4, 0.5) is 11.4 Å². The number of aliphatic hydroxyl groups excluding tert-OH is 1. The molecule has 0 bridgehead atoms. The van der Waals surface area contributed by atoms with Gasteiger partial charge in [-0.15, -0.1) is 0 Å². The Morgan fingerprint density at radius 3 is 2.31 bits per heavy atom. The summed E-state index contributed by atoms with van der Waals surface area (Å²) in [6, 6.07) is 7.48. The van der Waals surface area contributed by atoms with Gasteiger partial charge in [0.05, 0.1) is 56.5 Å². The second kappa shape index (κ2) is 15.9. The number of fused-ring (bicyclic) bond motifs is 4. The number of aliphatic imine (C=N–C) groups is 2. The molecule has 13 nitrogen and oxygen atoms in total. The molecule has 6 rings (SSSR count). The second-order valence-electron chi connectivity index (χ2n) is 14.3. The van der Waals surface area contributed by atoms with E-state index in [9.17, 15) is 19.5 Å². The Morgan fingerprint density at radius 1 is 0.923 bits per heavy atom. The van der Waals surface area contributed by atoms with Gasteiger partial charge >= 0.3 is 0 Å². The average molecular weight is 732 g/mol. The molecule has 0 fully saturated rings. The lowest BCUT2D eigenvalue weighted by atomic mass is 10.1. The first-order chi connectivity index (χ1) is 24.9. The highest BCUT2D eigenvalue weighted by Gasteiger charge is 2.34. The van der Waals surface area contributed by atoms with E-state index in [2.05, 4.69) is 10.3 Å². The standard InChI is InChI=1S/C38H49N5O8Si/c1-24-14-26-20-40-30-18-34(32(48-2)16-28(30)37(45)42(26)22-24)50-11-7-12-51-35-19-31-29(17-33(35)49-3)38(46)43-23-25(15-27(43)21-41-31)8-9-36(44)39-10-6-13-52(4,5)47/h16-23,26-27,38,46-47H,6-15H2,1-5H3,(H,39,44)/t26-,27-,38?/m0/s1. The maximum atomic E-state index is 13.3. The molecule has 2 aromatic carbocycles. The highest BCUT2D eigenvalue weighted by molar-refractivity contribution is 6.69. The lowest BCUT2D eigenvalue weighted by molar-refractivity contribution is -0.121. The number of carbonyl (C=O) groups excluding carboxylic acids is 2. The molecular weight excluding hydrogens is 683 g/mol. The number of aliphatic hydroxyl groups is 1. The first kappa shape index (κ1) is 37.1. The Balaban J connectivity index is 1.02. The van der Waals surface area contributed by atoms with Crippen molar-refractivity contribution in [2.45, 2.75) is 82.9 Å². The van der Waals surface area contributed by atoms with Gasteiger partial charge in [0.15, 0.2) is 37.5 Å². The van der Waals surface area contributed by atoms with Gasteiger partial charge in [0.2, 0.25) is 5.91 Å². The van der Waals surface area contributed by atoms with E-state index in [0.29, 0.717) is 90.9 Å². The molecule has 4 aliphatic rings. The molecule has 0 spiro atoms. The fourth-order valence-corrected chi connectivity index (χ4v) is 7.89. The van der Waals surface area contributed by atoms with Crippen LogP contribution in [0.25, 0.3) is 0 Å². The maximum Gasteiger partial charge on any atom is 0.260 e. The highest BCUT2D eigenvalue weighted by atomic mass is 28.4. The summed E-state index contributed by atoms with van der Waals surface area (Å²) in [6.45, 7) is 7.02. The van der Waals surface area contributed by atoms with Crippen molar-refractivity contribution < 1.29 is 38.4 Å². The number of hydrogen-bond donors (Lipinski definition) is 3. The van der Waals surface area contributed by atoms with E-state index >= 15 is 0 Å². The number of hydrogen-bond acceptors (Lipinski definition) is 11. The third kappa shape index (κ3) is 8.51. The van der Waals surface area contributed by atoms with Crippen LogP contribution in [0.15, 0.2) is 57.8 Å². The number of nitrogens with one attached hydrogen (secondary N) is 1. The average Bonchev–Trinajstić information content (AvgIpc) is 3.65. The molecule has 4 heterocycles. The Labute approximate surface area is 305 Å². The summed E-state index contributed by atoms with van der Waals surface area (Å²) in [4.78, 5) is 48.5. The van der Waals surface area contributed by atoms with Gasteiger partial charge in [-0.05, 0) is 63.9 Å². The van der Waals surface area contributed by atoms with Crippen LogP contribution in [-0.4, -0.2) is 98.3 Å². The summed E-state index contributed by atoms with van der Waals surface area (Å²) in [5.41, 5.74) is 4.41. The minimum atomic E-state index is -2.10. The molecule has 3 N–H and O–H groups in total. The van der Waals surface area contributed by atoms with Crippen LogP contribution < -0.4 is 24.3 Å². The number of rotatable bonds is 15. The molecular formula is C38H49N5O8Si. The van der Waals surface area contributed by atoms with E-state index in [-0.39, 0.29) is 23.9 Å². The number of nitrogens with zero attached hydrogens (tertiary/aromatic N) is 4. The molecule has 278 valence electrons. The van der Waals surface area contributed by atoms with E-state index in [1.807, 2.05) is 49.7 Å². The van der Waals surface area contributed by atoms with Gasteiger partial charge in [0.25, 0.3) is 5.91 Å². The number of carbonyl (C=O) groups is 2. The largest absolute Gasteiger partial charge is 0.493 e. The minimum absolute atomic E-state index is 0.0155. The van der Waals surface area contributed by atoms with Crippen LogP contribution in [0.3, 0.4) is 0 Å². The highest BCUT2D eigenvalue weighted by Crippen LogP contribution is 2.43. The van der Waals surface area contributed by atoms with Gasteiger partial charge in [-0.1, -0.05) is 11.1 Å². The van der Waals surface area contributed by atoms with Gasteiger partial charge in [-0.25, -0.2) is 0 Å². The third-order valence-electron chi connectivity index (χ3n) is 9.59. The summed E-state index contributed by atoms with van der Waals surface area (Å²) in [5, 5.41) is 14.4. The van der Waals surface area contributed by atoms with Gasteiger partial charge in [0.1, 0.15) is 0 Å². The summed E-state index contributed by atoms with van der Waals surface area (Å²) < 4.78 is 23.4. The first-order valence-corrected chi connectivity index (χ1v) is 21.0. The van der Waals surface area contributed by atoms with Crippen molar-refractivity contribution in [2.24, 2.45) is 9.98 Å². The van der Waals surface area contributed by atoms with E-state index < -0.39 is 14.5 Å². The normalized spacial score (nSPS) is 20.2. The Morgan fingerprint density at radius 2 is 1.60 bits per heavy atom. The van der Waals surface area contributed by atoms with Crippen LogP contribution in [0.1, 0.15) is 67.6 Å². The quantitative estimate of drug-likeness (QED) is 0.158. The Kier molecular flexibility index (Phi) is 11.4. The van der Waals surface area contributed by atoms with Crippen molar-refractivity contribution in [3.05, 3.63) is 58.9 Å². The summed E-state index contributed by atoms with van der Waals surface area (Å²) in [5.74, 6) is 1.79. The fourth-order valence-electron chi connectivity index (χ4n) is 6.85. The zero-order chi connectivity index (χ0) is 37.0. The van der Waals surface area contributed by atoms with Gasteiger partial charge in [-0.3, -0.25) is 19.6 Å². The molecule has 2 amide bonds. The van der Waals surface area contributed by atoms with Crippen LogP contribution in [-0.2, 0) is 4.79 Å². The molecule has 1 unspecified atom stereocenters.